The van der Waals surface area contributed by atoms with Crippen LogP contribution in [-0.2, 0) is 13.0 Å². The number of aromatic nitrogens is 3. The quantitative estimate of drug-likeness (QED) is 0.464. The van der Waals surface area contributed by atoms with Crippen molar-refractivity contribution in [3.05, 3.63) is 106 Å². The van der Waals surface area contributed by atoms with E-state index in [1.165, 1.54) is 10.2 Å². The average Bonchev–Trinajstić information content (AvgIpc) is 3.35. The summed E-state index contributed by atoms with van der Waals surface area (Å²) in [7, 11) is 0. The van der Waals surface area contributed by atoms with Gasteiger partial charge in [-0.2, -0.15) is 5.10 Å². The summed E-state index contributed by atoms with van der Waals surface area (Å²) in [6.45, 7) is 2.92. The SMILES string of the molecule is CCn1nc(C(=O)N2CCC[C@@H]2c2ccc(Cc3ccccc3)cn2)c2ccccc2c1=O. The highest BCUT2D eigenvalue weighted by atomic mass is 16.2. The van der Waals surface area contributed by atoms with Gasteiger partial charge in [0, 0.05) is 24.7 Å². The van der Waals surface area contributed by atoms with Crippen LogP contribution in [0.3, 0.4) is 0 Å². The Kier molecular flexibility index (Phi) is 5.73. The van der Waals surface area contributed by atoms with E-state index in [0.29, 0.717) is 29.6 Å². The monoisotopic (exact) mass is 438 g/mol. The Bertz CT molecular complexity index is 1350. The molecule has 2 aromatic heterocycles. The maximum Gasteiger partial charge on any atom is 0.275 e. The molecule has 0 N–H and O–H groups in total. The van der Waals surface area contributed by atoms with E-state index in [1.54, 1.807) is 12.1 Å². The number of fused-ring (bicyclic) bond motifs is 1. The van der Waals surface area contributed by atoms with E-state index in [9.17, 15) is 9.59 Å². The van der Waals surface area contributed by atoms with Crippen molar-refractivity contribution in [1.82, 2.24) is 19.7 Å². The Morgan fingerprint density at radius 2 is 1.73 bits per heavy atom. The third-order valence-corrected chi connectivity index (χ3v) is 6.32. The van der Waals surface area contributed by atoms with Gasteiger partial charge in [0.05, 0.1) is 17.1 Å². The minimum Gasteiger partial charge on any atom is -0.329 e. The van der Waals surface area contributed by atoms with Gasteiger partial charge in [-0.05, 0) is 49.4 Å². The van der Waals surface area contributed by atoms with E-state index in [0.717, 1.165) is 30.5 Å². The lowest BCUT2D eigenvalue weighted by Gasteiger charge is -2.25. The number of benzene rings is 2. The number of hydrogen-bond acceptors (Lipinski definition) is 4. The number of nitrogens with zero attached hydrogens (tertiary/aromatic N) is 4. The maximum absolute atomic E-state index is 13.7. The van der Waals surface area contributed by atoms with Crippen molar-refractivity contribution in [2.75, 3.05) is 6.54 Å². The average molecular weight is 439 g/mol. The fraction of sp³-hybridized carbons (Fsp3) is 0.259. The van der Waals surface area contributed by atoms with E-state index < -0.39 is 0 Å². The first kappa shape index (κ1) is 21.1. The predicted octanol–water partition coefficient (Wildman–Crippen LogP) is 4.38. The highest BCUT2D eigenvalue weighted by molar-refractivity contribution is 6.05. The summed E-state index contributed by atoms with van der Waals surface area (Å²) in [5.41, 5.74) is 3.45. The lowest BCUT2D eigenvalue weighted by atomic mass is 10.0. The first-order valence-corrected chi connectivity index (χ1v) is 11.5. The van der Waals surface area contributed by atoms with Gasteiger partial charge in [0.15, 0.2) is 5.69 Å². The van der Waals surface area contributed by atoms with Crippen molar-refractivity contribution >= 4 is 16.7 Å². The number of aryl methyl sites for hydroxylation is 1. The third-order valence-electron chi connectivity index (χ3n) is 6.32. The number of pyridine rings is 1. The molecule has 0 radical (unpaired) electrons. The van der Waals surface area contributed by atoms with Crippen LogP contribution in [0.1, 0.15) is 53.1 Å². The largest absolute Gasteiger partial charge is 0.329 e. The minimum absolute atomic E-state index is 0.0918. The van der Waals surface area contributed by atoms with Crippen molar-refractivity contribution in [1.29, 1.82) is 0 Å². The second-order valence-electron chi connectivity index (χ2n) is 8.43. The highest BCUT2D eigenvalue weighted by Crippen LogP contribution is 2.32. The molecule has 1 atom stereocenters. The molecular weight excluding hydrogens is 412 g/mol. The molecule has 0 bridgehead atoms. The fourth-order valence-corrected chi connectivity index (χ4v) is 4.63. The van der Waals surface area contributed by atoms with Crippen molar-refractivity contribution in [2.24, 2.45) is 0 Å². The summed E-state index contributed by atoms with van der Waals surface area (Å²) in [5, 5.41) is 5.58. The van der Waals surface area contributed by atoms with Crippen LogP contribution >= 0.6 is 0 Å². The van der Waals surface area contributed by atoms with E-state index in [1.807, 2.05) is 54.4 Å². The van der Waals surface area contributed by atoms with Crippen LogP contribution in [0.15, 0.2) is 77.7 Å². The summed E-state index contributed by atoms with van der Waals surface area (Å²) in [6, 6.07) is 21.6. The molecule has 0 spiro atoms. The van der Waals surface area contributed by atoms with Crippen LogP contribution in [0.4, 0.5) is 0 Å². The Morgan fingerprint density at radius 3 is 2.45 bits per heavy atom. The molecule has 1 amide bonds. The molecule has 5 rings (SSSR count). The Hall–Kier alpha value is -3.80. The van der Waals surface area contributed by atoms with Crippen molar-refractivity contribution in [2.45, 2.75) is 38.8 Å². The van der Waals surface area contributed by atoms with Crippen LogP contribution < -0.4 is 5.56 Å². The molecule has 2 aromatic carbocycles. The van der Waals surface area contributed by atoms with E-state index in [4.69, 9.17) is 4.98 Å². The highest BCUT2D eigenvalue weighted by Gasteiger charge is 2.33. The number of likely N-dealkylation sites (tertiary alicyclic amines) is 1. The first-order valence-electron chi connectivity index (χ1n) is 11.5. The van der Waals surface area contributed by atoms with Gasteiger partial charge in [0.1, 0.15) is 0 Å². The number of rotatable bonds is 5. The summed E-state index contributed by atoms with van der Waals surface area (Å²) in [5.74, 6) is -0.147. The number of amides is 1. The zero-order valence-corrected chi connectivity index (χ0v) is 18.6. The molecule has 1 saturated heterocycles. The van der Waals surface area contributed by atoms with Gasteiger partial charge in [0.25, 0.3) is 11.5 Å². The third kappa shape index (κ3) is 4.04. The maximum atomic E-state index is 13.7. The molecule has 1 aliphatic heterocycles. The topological polar surface area (TPSA) is 68.1 Å². The Balaban J connectivity index is 1.44. The van der Waals surface area contributed by atoms with Gasteiger partial charge < -0.3 is 4.90 Å². The molecule has 6 nitrogen and oxygen atoms in total. The molecule has 3 heterocycles. The normalized spacial score (nSPS) is 15.8. The molecule has 0 saturated carbocycles. The van der Waals surface area contributed by atoms with E-state index in [2.05, 4.69) is 23.3 Å². The zero-order valence-electron chi connectivity index (χ0n) is 18.6. The van der Waals surface area contributed by atoms with Crippen LogP contribution in [0.5, 0.6) is 0 Å². The van der Waals surface area contributed by atoms with Crippen molar-refractivity contribution < 1.29 is 4.79 Å². The summed E-state index contributed by atoms with van der Waals surface area (Å²) in [4.78, 5) is 32.9. The molecule has 6 heteroatoms. The molecule has 0 aliphatic carbocycles. The van der Waals surface area contributed by atoms with Crippen molar-refractivity contribution in [3.63, 3.8) is 0 Å². The standard InChI is InChI=1S/C27H26N4O2/c1-2-31-26(32)22-12-7-6-11-21(22)25(29-31)27(33)30-16-8-13-24(30)23-15-14-20(18-28-23)17-19-9-4-3-5-10-19/h3-7,9-12,14-15,18,24H,2,8,13,16-17H2,1H3/t24-/m1/s1. The smallest absolute Gasteiger partial charge is 0.275 e. The summed E-state index contributed by atoms with van der Waals surface area (Å²) < 4.78 is 1.37. The van der Waals surface area contributed by atoms with Crippen molar-refractivity contribution in [3.8, 4) is 0 Å². The molecule has 166 valence electrons. The number of carbonyl (C=O) groups excluding carboxylic acids is 1. The van der Waals surface area contributed by atoms with Crippen LogP contribution in [0.25, 0.3) is 10.8 Å². The summed E-state index contributed by atoms with van der Waals surface area (Å²) >= 11 is 0. The lowest BCUT2D eigenvalue weighted by Crippen LogP contribution is -2.34. The van der Waals surface area contributed by atoms with Gasteiger partial charge >= 0.3 is 0 Å². The summed E-state index contributed by atoms with van der Waals surface area (Å²) in [6.07, 6.45) is 4.52. The van der Waals surface area contributed by atoms with Crippen LogP contribution in [-0.4, -0.2) is 32.1 Å². The van der Waals surface area contributed by atoms with E-state index >= 15 is 0 Å². The number of carbonyl (C=O) groups is 1. The predicted molar refractivity (Wildman–Crippen MR) is 128 cm³/mol. The molecule has 4 aromatic rings. The Morgan fingerprint density at radius 1 is 0.970 bits per heavy atom. The van der Waals surface area contributed by atoms with Gasteiger partial charge in [0.2, 0.25) is 0 Å². The minimum atomic E-state index is -0.168. The molecule has 33 heavy (non-hydrogen) atoms. The second-order valence-corrected chi connectivity index (χ2v) is 8.43. The van der Waals surface area contributed by atoms with Gasteiger partial charge in [-0.3, -0.25) is 14.6 Å². The van der Waals surface area contributed by atoms with Gasteiger partial charge in [-0.25, -0.2) is 4.68 Å². The first-order chi connectivity index (χ1) is 16.2. The van der Waals surface area contributed by atoms with E-state index in [-0.39, 0.29) is 17.5 Å². The second kappa shape index (κ2) is 8.98. The molecule has 1 aliphatic rings. The van der Waals surface area contributed by atoms with Crippen LogP contribution in [0, 0.1) is 0 Å². The van der Waals surface area contributed by atoms with Gasteiger partial charge in [-0.15, -0.1) is 0 Å². The number of hydrogen-bond donors (Lipinski definition) is 0. The molecule has 1 fully saturated rings. The molecular formula is C27H26N4O2. The Labute approximate surface area is 192 Å². The lowest BCUT2D eigenvalue weighted by molar-refractivity contribution is 0.0726. The van der Waals surface area contributed by atoms with Crippen LogP contribution in [0.2, 0.25) is 0 Å². The van der Waals surface area contributed by atoms with Gasteiger partial charge in [-0.1, -0.05) is 54.6 Å². The molecule has 0 unspecified atom stereocenters. The fourth-order valence-electron chi connectivity index (χ4n) is 4.63. The zero-order chi connectivity index (χ0) is 22.8.